The quantitative estimate of drug-likeness (QED) is 0.680. The van der Waals surface area contributed by atoms with Gasteiger partial charge in [0.1, 0.15) is 17.5 Å². The van der Waals surface area contributed by atoms with Gasteiger partial charge in [-0.05, 0) is 50.5 Å². The summed E-state index contributed by atoms with van der Waals surface area (Å²) in [5.74, 6) is -2.73. The molecule has 0 bridgehead atoms. The molecule has 1 aliphatic heterocycles. The highest BCUT2D eigenvalue weighted by atomic mass is 32.2. The number of halogens is 3. The Balaban J connectivity index is 1.81. The van der Waals surface area contributed by atoms with Crippen molar-refractivity contribution in [3.8, 4) is 0 Å². The third kappa shape index (κ3) is 5.91. The molecule has 1 heterocycles. The number of carbonyl (C=O) groups excluding carboxylic acids is 1. The summed E-state index contributed by atoms with van der Waals surface area (Å²) in [6, 6.07) is 6.64. The van der Waals surface area contributed by atoms with Crippen LogP contribution in [0.25, 0.3) is 0 Å². The average molecular weight is 467 g/mol. The number of rotatable bonds is 6. The van der Waals surface area contributed by atoms with Crippen molar-refractivity contribution in [2.75, 3.05) is 17.7 Å². The molecule has 2 aromatic rings. The zero-order valence-electron chi connectivity index (χ0n) is 17.8. The normalized spacial score (nSPS) is 18.0. The van der Waals surface area contributed by atoms with Crippen molar-refractivity contribution in [3.63, 3.8) is 0 Å². The first-order valence-electron chi connectivity index (χ1n) is 10.3. The number of nitrogens with zero attached hydrogens (tertiary/aromatic N) is 1. The van der Waals surface area contributed by atoms with E-state index in [1.165, 1.54) is 30.3 Å². The van der Waals surface area contributed by atoms with E-state index in [0.29, 0.717) is 24.2 Å². The van der Waals surface area contributed by atoms with Crippen LogP contribution in [-0.2, 0) is 9.84 Å². The Bertz CT molecular complexity index is 1140. The lowest BCUT2D eigenvalue weighted by Crippen LogP contribution is -2.34. The maximum atomic E-state index is 14.8. The summed E-state index contributed by atoms with van der Waals surface area (Å²) in [6.07, 6.45) is 4.67. The molecule has 0 spiro atoms. The van der Waals surface area contributed by atoms with E-state index in [-0.39, 0.29) is 11.6 Å². The standard InChI is InChI=1S/C23H25F3N2O3S/c1-15(10-12-32(2,30)31)27-23(29)19-9-7-17(14-21(19)26)28-11-4-3-5-22(28)18-8-6-16(24)13-20(18)25/h6-10,12-15,22H,3-5,11H2,1-2H3,(H,27,29)/b12-10+/t15-,22-/m1/s1. The largest absolute Gasteiger partial charge is 0.364 e. The van der Waals surface area contributed by atoms with Crippen LogP contribution < -0.4 is 10.2 Å². The summed E-state index contributed by atoms with van der Waals surface area (Å²) in [5.41, 5.74) is 0.659. The van der Waals surface area contributed by atoms with Gasteiger partial charge in [0, 0.05) is 41.6 Å². The van der Waals surface area contributed by atoms with Gasteiger partial charge in [-0.3, -0.25) is 4.79 Å². The molecule has 3 rings (SSSR count). The summed E-state index contributed by atoms with van der Waals surface area (Å²) in [6.45, 7) is 2.14. The predicted molar refractivity (Wildman–Crippen MR) is 118 cm³/mol. The van der Waals surface area contributed by atoms with Crippen molar-refractivity contribution in [3.05, 3.63) is 76.5 Å². The predicted octanol–water partition coefficient (Wildman–Crippen LogP) is 4.51. The summed E-state index contributed by atoms with van der Waals surface area (Å²) in [7, 11) is -3.34. The molecule has 32 heavy (non-hydrogen) atoms. The Labute approximate surface area is 185 Å². The first-order valence-corrected chi connectivity index (χ1v) is 12.2. The Morgan fingerprint density at radius 2 is 1.88 bits per heavy atom. The first-order chi connectivity index (χ1) is 15.0. The van der Waals surface area contributed by atoms with Crippen LogP contribution >= 0.6 is 0 Å². The molecule has 1 saturated heterocycles. The number of hydrogen-bond donors (Lipinski definition) is 1. The maximum Gasteiger partial charge on any atom is 0.254 e. The molecule has 0 unspecified atom stereocenters. The van der Waals surface area contributed by atoms with E-state index < -0.39 is 39.2 Å². The van der Waals surface area contributed by atoms with Crippen LogP contribution in [0.3, 0.4) is 0 Å². The van der Waals surface area contributed by atoms with Crippen molar-refractivity contribution in [2.45, 2.75) is 38.3 Å². The molecule has 0 saturated carbocycles. The van der Waals surface area contributed by atoms with E-state index in [0.717, 1.165) is 30.6 Å². The lowest BCUT2D eigenvalue weighted by molar-refractivity contribution is 0.0943. The average Bonchev–Trinajstić information content (AvgIpc) is 2.72. The Morgan fingerprint density at radius 1 is 1.12 bits per heavy atom. The number of anilines is 1. The smallest absolute Gasteiger partial charge is 0.254 e. The van der Waals surface area contributed by atoms with Crippen LogP contribution in [0.1, 0.15) is 48.1 Å². The fraction of sp³-hybridized carbons (Fsp3) is 0.348. The second-order valence-electron chi connectivity index (χ2n) is 7.96. The van der Waals surface area contributed by atoms with Crippen molar-refractivity contribution in [1.29, 1.82) is 0 Å². The highest BCUT2D eigenvalue weighted by Crippen LogP contribution is 2.36. The van der Waals surface area contributed by atoms with Gasteiger partial charge in [-0.15, -0.1) is 0 Å². The molecule has 0 aromatic heterocycles. The van der Waals surface area contributed by atoms with E-state index in [4.69, 9.17) is 0 Å². The number of amides is 1. The summed E-state index contributed by atoms with van der Waals surface area (Å²) < 4.78 is 64.9. The zero-order chi connectivity index (χ0) is 23.5. The van der Waals surface area contributed by atoms with Gasteiger partial charge < -0.3 is 10.2 Å². The number of benzene rings is 2. The summed E-state index contributed by atoms with van der Waals surface area (Å²) in [5, 5.41) is 3.50. The van der Waals surface area contributed by atoms with Crippen LogP contribution in [0.15, 0.2) is 47.9 Å². The Kier molecular flexibility index (Phi) is 7.28. The number of piperidine rings is 1. The number of hydrogen-bond acceptors (Lipinski definition) is 4. The van der Waals surface area contributed by atoms with E-state index in [2.05, 4.69) is 5.32 Å². The molecule has 2 atom stereocenters. The fourth-order valence-corrected chi connectivity index (χ4v) is 4.32. The second kappa shape index (κ2) is 9.77. The van der Waals surface area contributed by atoms with Gasteiger partial charge in [0.15, 0.2) is 9.84 Å². The van der Waals surface area contributed by atoms with Gasteiger partial charge in [0.25, 0.3) is 5.91 Å². The zero-order valence-corrected chi connectivity index (χ0v) is 18.6. The van der Waals surface area contributed by atoms with E-state index in [1.54, 1.807) is 13.0 Å². The Hall–Kier alpha value is -2.81. The van der Waals surface area contributed by atoms with Gasteiger partial charge in [-0.2, -0.15) is 0 Å². The molecule has 1 N–H and O–H groups in total. The highest BCUT2D eigenvalue weighted by Gasteiger charge is 2.27. The molecule has 1 fully saturated rings. The Morgan fingerprint density at radius 3 is 2.53 bits per heavy atom. The van der Waals surface area contributed by atoms with Gasteiger partial charge >= 0.3 is 0 Å². The molecule has 1 aliphatic rings. The third-order valence-corrected chi connectivity index (χ3v) is 5.98. The molecule has 0 radical (unpaired) electrons. The molecule has 172 valence electrons. The molecular formula is C23H25F3N2O3S. The number of nitrogens with one attached hydrogen (secondary N) is 1. The lowest BCUT2D eigenvalue weighted by atomic mass is 9.94. The first kappa shape index (κ1) is 23.8. The monoisotopic (exact) mass is 466 g/mol. The van der Waals surface area contributed by atoms with Crippen LogP contribution in [-0.4, -0.2) is 33.2 Å². The number of sulfone groups is 1. The summed E-state index contributed by atoms with van der Waals surface area (Å²) >= 11 is 0. The van der Waals surface area contributed by atoms with Crippen LogP contribution in [0.4, 0.5) is 18.9 Å². The van der Waals surface area contributed by atoms with E-state index >= 15 is 0 Å². The van der Waals surface area contributed by atoms with E-state index in [9.17, 15) is 26.4 Å². The van der Waals surface area contributed by atoms with Crippen LogP contribution in [0.5, 0.6) is 0 Å². The minimum atomic E-state index is -3.34. The van der Waals surface area contributed by atoms with Crippen LogP contribution in [0.2, 0.25) is 0 Å². The van der Waals surface area contributed by atoms with Crippen molar-refractivity contribution < 1.29 is 26.4 Å². The second-order valence-corrected chi connectivity index (χ2v) is 9.89. The SMILES string of the molecule is C[C@H](/C=C/S(C)(=O)=O)NC(=O)c1ccc(N2CCCC[C@@H]2c2ccc(F)cc2F)cc1F. The lowest BCUT2D eigenvalue weighted by Gasteiger charge is -2.38. The van der Waals surface area contributed by atoms with Gasteiger partial charge in [0.05, 0.1) is 11.6 Å². The molecular weight excluding hydrogens is 441 g/mol. The van der Waals surface area contributed by atoms with Crippen LogP contribution in [0, 0.1) is 17.5 Å². The summed E-state index contributed by atoms with van der Waals surface area (Å²) in [4.78, 5) is 14.3. The minimum Gasteiger partial charge on any atom is -0.364 e. The van der Waals surface area contributed by atoms with Crippen molar-refractivity contribution in [2.24, 2.45) is 0 Å². The topological polar surface area (TPSA) is 66.5 Å². The molecule has 5 nitrogen and oxygen atoms in total. The third-order valence-electron chi connectivity index (χ3n) is 5.33. The minimum absolute atomic E-state index is 0.185. The van der Waals surface area contributed by atoms with E-state index in [1.807, 2.05) is 4.90 Å². The maximum absolute atomic E-state index is 14.8. The molecule has 9 heteroatoms. The van der Waals surface area contributed by atoms with Gasteiger partial charge in [-0.25, -0.2) is 21.6 Å². The fourth-order valence-electron chi connectivity index (χ4n) is 3.80. The van der Waals surface area contributed by atoms with Crippen molar-refractivity contribution >= 4 is 21.4 Å². The molecule has 1 amide bonds. The highest BCUT2D eigenvalue weighted by molar-refractivity contribution is 7.93. The molecule has 2 aromatic carbocycles. The van der Waals surface area contributed by atoms with Gasteiger partial charge in [-0.1, -0.05) is 12.1 Å². The van der Waals surface area contributed by atoms with Gasteiger partial charge in [0.2, 0.25) is 0 Å². The number of carbonyl (C=O) groups is 1. The molecule has 0 aliphatic carbocycles. The van der Waals surface area contributed by atoms with Crippen molar-refractivity contribution in [1.82, 2.24) is 5.32 Å².